The lowest BCUT2D eigenvalue weighted by Crippen LogP contribution is -2.11. The molecule has 3 aromatic carbocycles. The lowest BCUT2D eigenvalue weighted by molar-refractivity contribution is -0.137. The second-order valence-corrected chi connectivity index (χ2v) is 7.89. The fourth-order valence-electron chi connectivity index (χ4n) is 3.56. The van der Waals surface area contributed by atoms with Gasteiger partial charge in [0.25, 0.3) is 0 Å². The predicted molar refractivity (Wildman–Crippen MR) is 120 cm³/mol. The van der Waals surface area contributed by atoms with Gasteiger partial charge in [-0.1, -0.05) is 60.7 Å². The van der Waals surface area contributed by atoms with Gasteiger partial charge in [-0.15, -0.1) is 0 Å². The van der Waals surface area contributed by atoms with Gasteiger partial charge in [-0.05, 0) is 48.7 Å². The minimum absolute atomic E-state index is 0.290. The zero-order valence-corrected chi connectivity index (χ0v) is 18.4. The summed E-state index contributed by atoms with van der Waals surface area (Å²) in [6, 6.07) is 22.7. The summed E-state index contributed by atoms with van der Waals surface area (Å²) in [7, 11) is 0. The maximum atomic E-state index is 13.3. The van der Waals surface area contributed by atoms with E-state index in [1.807, 2.05) is 68.4 Å². The Morgan fingerprint density at radius 3 is 2.39 bits per heavy atom. The lowest BCUT2D eigenvalue weighted by atomic mass is 10.1. The average Bonchev–Trinajstić information content (AvgIpc) is 3.23. The summed E-state index contributed by atoms with van der Waals surface area (Å²) in [5, 5.41) is 4.57. The van der Waals surface area contributed by atoms with E-state index in [4.69, 9.17) is 4.74 Å². The van der Waals surface area contributed by atoms with Crippen molar-refractivity contribution in [3.05, 3.63) is 113 Å². The third-order valence-corrected chi connectivity index (χ3v) is 5.41. The second-order valence-electron chi connectivity index (χ2n) is 7.89. The molecule has 0 aliphatic carbocycles. The highest BCUT2D eigenvalue weighted by molar-refractivity contribution is 5.38. The summed E-state index contributed by atoms with van der Waals surface area (Å²) in [5.74, 6) is 0.973. The number of aromatic nitrogens is 3. The largest absolute Gasteiger partial charge is 0.416 e. The number of rotatable bonds is 7. The van der Waals surface area contributed by atoms with E-state index in [9.17, 15) is 13.2 Å². The molecule has 1 atom stereocenters. The molecule has 4 aromatic rings. The summed E-state index contributed by atoms with van der Waals surface area (Å²) in [4.78, 5) is 4.67. The first kappa shape index (κ1) is 22.7. The number of hydrogen-bond acceptors (Lipinski definition) is 3. The van der Waals surface area contributed by atoms with Crippen LogP contribution in [-0.4, -0.2) is 14.8 Å². The van der Waals surface area contributed by atoms with Crippen molar-refractivity contribution >= 4 is 0 Å². The van der Waals surface area contributed by atoms with Crippen LogP contribution in [0.15, 0.2) is 78.9 Å². The Bertz CT molecular complexity index is 1220. The Hall–Kier alpha value is -3.45. The van der Waals surface area contributed by atoms with Gasteiger partial charge in [-0.25, -0.2) is 9.67 Å². The van der Waals surface area contributed by atoms with Crippen molar-refractivity contribution in [2.24, 2.45) is 0 Å². The summed E-state index contributed by atoms with van der Waals surface area (Å²) in [5.41, 5.74) is 2.71. The first-order chi connectivity index (χ1) is 15.8. The van der Waals surface area contributed by atoms with Gasteiger partial charge in [-0.3, -0.25) is 0 Å². The van der Waals surface area contributed by atoms with Gasteiger partial charge in [0.1, 0.15) is 6.10 Å². The number of benzene rings is 3. The highest BCUT2D eigenvalue weighted by atomic mass is 19.4. The van der Waals surface area contributed by atoms with Crippen LogP contribution in [0, 0.1) is 6.92 Å². The summed E-state index contributed by atoms with van der Waals surface area (Å²) < 4.78 is 47.4. The molecule has 1 heterocycles. The summed E-state index contributed by atoms with van der Waals surface area (Å²) in [6.45, 7) is 4.19. The molecule has 0 aliphatic heterocycles. The molecule has 0 amide bonds. The summed E-state index contributed by atoms with van der Waals surface area (Å²) in [6.07, 6.45) is -4.47. The zero-order valence-electron chi connectivity index (χ0n) is 18.4. The monoisotopic (exact) mass is 451 g/mol. The molecule has 0 radical (unpaired) electrons. The van der Waals surface area contributed by atoms with Crippen LogP contribution in [0.2, 0.25) is 0 Å². The van der Waals surface area contributed by atoms with Crippen LogP contribution in [0.5, 0.6) is 0 Å². The number of alkyl halides is 3. The Balaban J connectivity index is 1.69. The van der Waals surface area contributed by atoms with Gasteiger partial charge in [0.15, 0.2) is 11.6 Å². The number of ether oxygens (including phenoxy) is 1. The van der Waals surface area contributed by atoms with Crippen molar-refractivity contribution in [2.45, 2.75) is 39.2 Å². The minimum atomic E-state index is -4.45. The molecule has 0 aliphatic rings. The quantitative estimate of drug-likeness (QED) is 0.324. The van der Waals surface area contributed by atoms with Crippen molar-refractivity contribution in [1.29, 1.82) is 0 Å². The summed E-state index contributed by atoms with van der Waals surface area (Å²) >= 11 is 0. The molecule has 170 valence electrons. The average molecular weight is 451 g/mol. The van der Waals surface area contributed by atoms with Gasteiger partial charge in [0.2, 0.25) is 0 Å². The van der Waals surface area contributed by atoms with Gasteiger partial charge in [-0.2, -0.15) is 18.3 Å². The Kier molecular flexibility index (Phi) is 6.60. The first-order valence-electron chi connectivity index (χ1n) is 10.6. The van der Waals surface area contributed by atoms with Crippen molar-refractivity contribution in [3.63, 3.8) is 0 Å². The second kappa shape index (κ2) is 9.58. The number of nitrogens with zero attached hydrogens (tertiary/aromatic N) is 3. The van der Waals surface area contributed by atoms with Crippen molar-refractivity contribution in [1.82, 2.24) is 14.8 Å². The molecule has 4 nitrogen and oxygen atoms in total. The molecule has 33 heavy (non-hydrogen) atoms. The van der Waals surface area contributed by atoms with Gasteiger partial charge in [0, 0.05) is 6.42 Å². The van der Waals surface area contributed by atoms with Gasteiger partial charge < -0.3 is 4.74 Å². The molecule has 4 rings (SSSR count). The van der Waals surface area contributed by atoms with Crippen LogP contribution in [0.4, 0.5) is 13.2 Å². The van der Waals surface area contributed by atoms with E-state index in [0.717, 1.165) is 28.8 Å². The van der Waals surface area contributed by atoms with Crippen molar-refractivity contribution in [3.8, 4) is 5.69 Å². The molecule has 0 N–H and O–H groups in total. The first-order valence-corrected chi connectivity index (χ1v) is 10.6. The predicted octanol–water partition coefficient (Wildman–Crippen LogP) is 6.46. The zero-order chi connectivity index (χ0) is 23.4. The van der Waals surface area contributed by atoms with Gasteiger partial charge in [0.05, 0.1) is 17.9 Å². The molecular weight excluding hydrogens is 427 g/mol. The van der Waals surface area contributed by atoms with Crippen molar-refractivity contribution in [2.75, 3.05) is 0 Å². The third kappa shape index (κ3) is 5.49. The molecule has 1 aromatic heterocycles. The van der Waals surface area contributed by atoms with Crippen LogP contribution in [-0.2, 0) is 23.9 Å². The molecule has 0 fully saturated rings. The Labute approximate surface area is 190 Å². The van der Waals surface area contributed by atoms with Gasteiger partial charge >= 0.3 is 6.18 Å². The standard InChI is InChI=1S/C26H24F3N3O/c1-18-9-6-7-12-21(18)15-24-30-25(19(2)33-17-20-10-4-3-5-11-20)32(31-24)23-14-8-13-22(16-23)26(27,28)29/h3-14,16,19H,15,17H2,1-2H3/t19-/m0/s1. The Morgan fingerprint density at radius 2 is 1.67 bits per heavy atom. The highest BCUT2D eigenvalue weighted by Gasteiger charge is 2.31. The maximum absolute atomic E-state index is 13.3. The van der Waals surface area contributed by atoms with Crippen LogP contribution >= 0.6 is 0 Å². The molecule has 7 heteroatoms. The fraction of sp³-hybridized carbons (Fsp3) is 0.231. The van der Waals surface area contributed by atoms with Crippen LogP contribution < -0.4 is 0 Å². The molecule has 0 bridgehead atoms. The van der Waals surface area contributed by atoms with Crippen LogP contribution in [0.3, 0.4) is 0 Å². The Morgan fingerprint density at radius 1 is 0.939 bits per heavy atom. The van der Waals surface area contributed by atoms with E-state index in [1.54, 1.807) is 6.07 Å². The van der Waals surface area contributed by atoms with E-state index in [-0.39, 0.29) is 0 Å². The number of hydrogen-bond donors (Lipinski definition) is 0. The van der Waals surface area contributed by atoms with Crippen LogP contribution in [0.1, 0.15) is 46.9 Å². The lowest BCUT2D eigenvalue weighted by Gasteiger charge is -2.15. The van der Waals surface area contributed by atoms with Crippen molar-refractivity contribution < 1.29 is 17.9 Å². The van der Waals surface area contributed by atoms with E-state index >= 15 is 0 Å². The van der Waals surface area contributed by atoms with E-state index in [0.29, 0.717) is 30.4 Å². The van der Waals surface area contributed by atoms with E-state index in [2.05, 4.69) is 10.1 Å². The van der Waals surface area contributed by atoms with E-state index in [1.165, 1.54) is 10.7 Å². The fourth-order valence-corrected chi connectivity index (χ4v) is 3.56. The highest BCUT2D eigenvalue weighted by Crippen LogP contribution is 2.31. The molecule has 0 saturated heterocycles. The maximum Gasteiger partial charge on any atom is 0.416 e. The minimum Gasteiger partial charge on any atom is -0.366 e. The van der Waals surface area contributed by atoms with Crippen LogP contribution in [0.25, 0.3) is 5.69 Å². The normalized spacial score (nSPS) is 12.6. The van der Waals surface area contributed by atoms with E-state index < -0.39 is 17.8 Å². The molecule has 0 unspecified atom stereocenters. The smallest absolute Gasteiger partial charge is 0.366 e. The molecule has 0 spiro atoms. The topological polar surface area (TPSA) is 39.9 Å². The number of aryl methyl sites for hydroxylation is 1. The third-order valence-electron chi connectivity index (χ3n) is 5.41. The molecular formula is C26H24F3N3O. The SMILES string of the molecule is Cc1ccccc1Cc1nc([C@H](C)OCc2ccccc2)n(-c2cccc(C(F)(F)F)c2)n1. The molecule has 0 saturated carbocycles. The number of halogens is 3.